The van der Waals surface area contributed by atoms with Crippen molar-refractivity contribution < 1.29 is 4.74 Å². The molecule has 2 aromatic carbocycles. The minimum absolute atomic E-state index is 0.399. The van der Waals surface area contributed by atoms with Crippen LogP contribution < -0.4 is 10.5 Å². The molecule has 0 aliphatic heterocycles. The van der Waals surface area contributed by atoms with Gasteiger partial charge in [-0.25, -0.2) is 14.6 Å². The van der Waals surface area contributed by atoms with Crippen LogP contribution >= 0.6 is 0 Å². The Balaban J connectivity index is 1.37. The number of aryl methyl sites for hydroxylation is 1. The summed E-state index contributed by atoms with van der Waals surface area (Å²) in [7, 11) is 1.64. The maximum Gasteiger partial charge on any atom is 0.183 e. The lowest BCUT2D eigenvalue weighted by molar-refractivity contribution is 0.413. The average molecular weight is 427 g/mol. The van der Waals surface area contributed by atoms with Crippen LogP contribution in [0.1, 0.15) is 11.5 Å². The minimum atomic E-state index is 0.399. The highest BCUT2D eigenvalue weighted by Crippen LogP contribution is 2.29. The van der Waals surface area contributed by atoms with E-state index in [2.05, 4.69) is 30.5 Å². The van der Waals surface area contributed by atoms with Crippen LogP contribution in [0.25, 0.3) is 28.3 Å². The largest absolute Gasteiger partial charge is 0.495 e. The van der Waals surface area contributed by atoms with Gasteiger partial charge >= 0.3 is 0 Å². The monoisotopic (exact) mass is 427 g/mol. The molecule has 0 bridgehead atoms. The second kappa shape index (κ2) is 7.99. The van der Waals surface area contributed by atoms with Gasteiger partial charge in [0.15, 0.2) is 5.82 Å². The van der Waals surface area contributed by atoms with Crippen molar-refractivity contribution >= 4 is 5.69 Å². The highest BCUT2D eigenvalue weighted by atomic mass is 16.5. The lowest BCUT2D eigenvalue weighted by Gasteiger charge is -2.10. The van der Waals surface area contributed by atoms with Crippen molar-refractivity contribution in [3.63, 3.8) is 0 Å². The third kappa shape index (κ3) is 3.69. The van der Waals surface area contributed by atoms with Crippen molar-refractivity contribution in [1.29, 1.82) is 0 Å². The number of rotatable bonds is 6. The van der Waals surface area contributed by atoms with E-state index in [9.17, 15) is 0 Å². The van der Waals surface area contributed by atoms with Crippen LogP contribution in [0.3, 0.4) is 0 Å². The summed E-state index contributed by atoms with van der Waals surface area (Å²) in [6, 6.07) is 13.4. The van der Waals surface area contributed by atoms with Crippen LogP contribution in [-0.2, 0) is 6.54 Å². The Morgan fingerprint density at radius 1 is 1.12 bits per heavy atom. The molecule has 3 N–H and O–H groups in total. The number of nitrogens with zero attached hydrogens (tertiary/aromatic N) is 7. The van der Waals surface area contributed by atoms with Gasteiger partial charge < -0.3 is 15.0 Å². The predicted molar refractivity (Wildman–Crippen MR) is 119 cm³/mol. The number of benzene rings is 2. The van der Waals surface area contributed by atoms with Crippen molar-refractivity contribution in [2.45, 2.75) is 13.5 Å². The number of nitrogens with two attached hydrogens (primary N) is 1. The van der Waals surface area contributed by atoms with Gasteiger partial charge in [-0.05, 0) is 31.2 Å². The first-order chi connectivity index (χ1) is 15.6. The molecule has 5 rings (SSSR count). The molecular weight excluding hydrogens is 406 g/mol. The van der Waals surface area contributed by atoms with E-state index in [1.165, 1.54) is 0 Å². The molecule has 3 aromatic heterocycles. The molecule has 3 heterocycles. The van der Waals surface area contributed by atoms with Crippen LogP contribution in [0.2, 0.25) is 0 Å². The number of H-pyrrole nitrogens is 1. The van der Waals surface area contributed by atoms with Crippen LogP contribution in [0, 0.1) is 6.92 Å². The quantitative estimate of drug-likeness (QED) is 0.399. The molecule has 0 saturated heterocycles. The maximum absolute atomic E-state index is 6.02. The van der Waals surface area contributed by atoms with Gasteiger partial charge in [-0.1, -0.05) is 23.4 Å². The van der Waals surface area contributed by atoms with Crippen molar-refractivity contribution in [3.05, 3.63) is 72.7 Å². The molecule has 0 fully saturated rings. The molecule has 0 spiro atoms. The predicted octanol–water partition coefficient (Wildman–Crippen LogP) is 2.86. The second-order valence-corrected chi connectivity index (χ2v) is 7.30. The number of aromatic nitrogens is 8. The summed E-state index contributed by atoms with van der Waals surface area (Å²) in [5.41, 5.74) is 10.9. The third-order valence-electron chi connectivity index (χ3n) is 5.05. The fourth-order valence-electron chi connectivity index (χ4n) is 3.45. The minimum Gasteiger partial charge on any atom is -0.495 e. The first kappa shape index (κ1) is 19.5. The Labute approximate surface area is 183 Å². The Hall–Kier alpha value is -4.47. The normalized spacial score (nSPS) is 11.1. The Morgan fingerprint density at radius 2 is 2.00 bits per heavy atom. The molecule has 0 radical (unpaired) electrons. The summed E-state index contributed by atoms with van der Waals surface area (Å²) in [5, 5.41) is 15.7. The number of ether oxygens (including phenoxy) is 1. The van der Waals surface area contributed by atoms with Gasteiger partial charge in [-0.3, -0.25) is 5.10 Å². The number of hydrogen-bond acceptors (Lipinski definition) is 7. The van der Waals surface area contributed by atoms with E-state index in [1.807, 2.05) is 66.3 Å². The number of nitrogens with one attached hydrogen (secondary N) is 1. The standard InChI is InChI=1S/C22H21N9O/c1-14-10-30(13-24-14)19-8-7-15(9-20(19)32-2)18-11-31(29-26-18)12-21-25-22(28-27-21)16-5-3-4-6-17(16)23/h3-11,13H,12,23H2,1-2H3,(H,25,27,28). The molecule has 0 saturated carbocycles. The fourth-order valence-corrected chi connectivity index (χ4v) is 3.45. The highest BCUT2D eigenvalue weighted by Gasteiger charge is 2.13. The molecule has 10 heteroatoms. The van der Waals surface area contributed by atoms with E-state index >= 15 is 0 Å². The van der Waals surface area contributed by atoms with Gasteiger partial charge in [0.2, 0.25) is 0 Å². The summed E-state index contributed by atoms with van der Waals surface area (Å²) in [6.07, 6.45) is 5.56. The van der Waals surface area contributed by atoms with E-state index in [-0.39, 0.29) is 0 Å². The molecule has 0 amide bonds. The molecule has 0 aliphatic carbocycles. The number of para-hydroxylation sites is 1. The molecule has 0 unspecified atom stereocenters. The number of anilines is 1. The fraction of sp³-hybridized carbons (Fsp3) is 0.136. The lowest BCUT2D eigenvalue weighted by Crippen LogP contribution is -2.02. The van der Waals surface area contributed by atoms with Crippen LogP contribution in [-0.4, -0.2) is 46.8 Å². The molecule has 0 atom stereocenters. The third-order valence-corrected chi connectivity index (χ3v) is 5.05. The van der Waals surface area contributed by atoms with Gasteiger partial charge in [-0.2, -0.15) is 5.10 Å². The Bertz CT molecular complexity index is 1380. The van der Waals surface area contributed by atoms with Gasteiger partial charge in [0, 0.05) is 23.0 Å². The van der Waals surface area contributed by atoms with Crippen LogP contribution in [0.4, 0.5) is 5.69 Å². The van der Waals surface area contributed by atoms with E-state index < -0.39 is 0 Å². The molecular formula is C22H21N9O. The second-order valence-electron chi connectivity index (χ2n) is 7.30. The first-order valence-corrected chi connectivity index (χ1v) is 9.96. The summed E-state index contributed by atoms with van der Waals surface area (Å²) < 4.78 is 9.22. The van der Waals surface area contributed by atoms with Gasteiger partial charge in [-0.15, -0.1) is 5.10 Å². The molecule has 160 valence electrons. The van der Waals surface area contributed by atoms with Crippen molar-refractivity contribution in [3.8, 4) is 34.1 Å². The van der Waals surface area contributed by atoms with E-state index in [4.69, 9.17) is 10.5 Å². The van der Waals surface area contributed by atoms with Gasteiger partial charge in [0.25, 0.3) is 0 Å². The van der Waals surface area contributed by atoms with E-state index in [1.54, 1.807) is 18.1 Å². The summed E-state index contributed by atoms with van der Waals surface area (Å²) in [5.74, 6) is 1.92. The van der Waals surface area contributed by atoms with E-state index in [0.29, 0.717) is 23.9 Å². The van der Waals surface area contributed by atoms with Crippen LogP contribution in [0.15, 0.2) is 61.2 Å². The number of imidazole rings is 1. The van der Waals surface area contributed by atoms with Crippen molar-refractivity contribution in [1.82, 2.24) is 39.7 Å². The smallest absolute Gasteiger partial charge is 0.183 e. The number of nitrogen functional groups attached to an aromatic ring is 1. The summed E-state index contributed by atoms with van der Waals surface area (Å²) >= 11 is 0. The zero-order valence-corrected chi connectivity index (χ0v) is 17.6. The number of aromatic amines is 1. The molecule has 0 aliphatic rings. The van der Waals surface area contributed by atoms with E-state index in [0.717, 1.165) is 34.0 Å². The average Bonchev–Trinajstić information content (AvgIpc) is 3.56. The van der Waals surface area contributed by atoms with Crippen LogP contribution in [0.5, 0.6) is 5.75 Å². The van der Waals surface area contributed by atoms with Gasteiger partial charge in [0.1, 0.15) is 23.8 Å². The molecule has 32 heavy (non-hydrogen) atoms. The maximum atomic E-state index is 6.02. The van der Waals surface area contributed by atoms with Crippen molar-refractivity contribution in [2.24, 2.45) is 0 Å². The number of hydrogen-bond donors (Lipinski definition) is 2. The SMILES string of the molecule is COc1cc(-c2cn(Cc3nc(-c4ccccc4N)n[nH]3)nn2)ccc1-n1cnc(C)c1. The zero-order chi connectivity index (χ0) is 22.1. The summed E-state index contributed by atoms with van der Waals surface area (Å²) in [6.45, 7) is 2.35. The van der Waals surface area contributed by atoms with Crippen molar-refractivity contribution in [2.75, 3.05) is 12.8 Å². The molecule has 10 nitrogen and oxygen atoms in total. The Morgan fingerprint density at radius 3 is 2.78 bits per heavy atom. The number of methoxy groups -OCH3 is 1. The first-order valence-electron chi connectivity index (χ1n) is 9.96. The molecule has 5 aromatic rings. The topological polar surface area (TPSA) is 125 Å². The van der Waals surface area contributed by atoms with Gasteiger partial charge in [0.05, 0.1) is 31.0 Å². The zero-order valence-electron chi connectivity index (χ0n) is 17.6. The lowest BCUT2D eigenvalue weighted by atomic mass is 10.1. The summed E-state index contributed by atoms with van der Waals surface area (Å²) in [4.78, 5) is 8.81. The highest BCUT2D eigenvalue weighted by molar-refractivity contribution is 5.71. The Kier molecular flexibility index (Phi) is 4.86.